The molecule has 0 radical (unpaired) electrons. The second-order valence-electron chi connectivity index (χ2n) is 6.89. The van der Waals surface area contributed by atoms with E-state index in [1.165, 1.54) is 50.5 Å². The second kappa shape index (κ2) is 8.89. The van der Waals surface area contributed by atoms with Gasteiger partial charge in [-0.3, -0.25) is 19.3 Å². The molecule has 0 unspecified atom stereocenters. The van der Waals surface area contributed by atoms with Gasteiger partial charge in [-0.15, -0.1) is 34.9 Å². The summed E-state index contributed by atoms with van der Waals surface area (Å²) in [6.45, 7) is 0. The Morgan fingerprint density at radius 3 is 2.81 bits per heavy atom. The summed E-state index contributed by atoms with van der Waals surface area (Å²) in [5.74, 6) is -1.11. The van der Waals surface area contributed by atoms with E-state index in [1.807, 2.05) is 17.5 Å². The van der Waals surface area contributed by atoms with E-state index in [0.29, 0.717) is 22.1 Å². The van der Waals surface area contributed by atoms with E-state index < -0.39 is 23.3 Å². The summed E-state index contributed by atoms with van der Waals surface area (Å²) in [6, 6.07) is 5.96. The van der Waals surface area contributed by atoms with Gasteiger partial charge in [0.05, 0.1) is 6.42 Å². The molecule has 4 rings (SSSR count). The lowest BCUT2D eigenvalue weighted by Gasteiger charge is -2.49. The highest BCUT2D eigenvalue weighted by Crippen LogP contribution is 2.41. The lowest BCUT2D eigenvalue weighted by molar-refractivity contribution is -0.150. The van der Waals surface area contributed by atoms with Crippen molar-refractivity contribution in [3.8, 4) is 0 Å². The first kappa shape index (κ1) is 21.7. The molecule has 0 aromatic carbocycles. The van der Waals surface area contributed by atoms with Crippen molar-refractivity contribution in [3.63, 3.8) is 0 Å². The van der Waals surface area contributed by atoms with E-state index in [1.54, 1.807) is 13.1 Å². The van der Waals surface area contributed by atoms with E-state index in [9.17, 15) is 24.3 Å². The molecule has 0 bridgehead atoms. The van der Waals surface area contributed by atoms with E-state index in [-0.39, 0.29) is 23.6 Å². The topological polar surface area (TPSA) is 122 Å². The molecule has 2 atom stereocenters. The summed E-state index contributed by atoms with van der Waals surface area (Å²) >= 11 is 4.19. The average Bonchev–Trinajstić information content (AvgIpc) is 3.24. The lowest BCUT2D eigenvalue weighted by atomic mass is 10.0. The van der Waals surface area contributed by atoms with E-state index in [2.05, 4.69) is 10.4 Å². The Morgan fingerprint density at radius 2 is 2.13 bits per heavy atom. The average molecular weight is 479 g/mol. The van der Waals surface area contributed by atoms with Crippen LogP contribution in [0.5, 0.6) is 0 Å². The number of β-lactam (4-membered cyclic amide) rings is 1. The van der Waals surface area contributed by atoms with Gasteiger partial charge in [0.1, 0.15) is 22.1 Å². The molecule has 9 nitrogen and oxygen atoms in total. The number of amides is 2. The Bertz CT molecular complexity index is 1130. The lowest BCUT2D eigenvalue weighted by Crippen LogP contribution is -2.70. The molecule has 162 valence electrons. The van der Waals surface area contributed by atoms with Crippen LogP contribution in [0.25, 0.3) is 0 Å². The van der Waals surface area contributed by atoms with Gasteiger partial charge in [-0.25, -0.2) is 9.48 Å². The Balaban J connectivity index is 1.45. The second-order valence-corrected chi connectivity index (χ2v) is 10.0. The monoisotopic (exact) mass is 478 g/mol. The zero-order valence-electron chi connectivity index (χ0n) is 16.3. The molecule has 1 fully saturated rings. The zero-order chi connectivity index (χ0) is 22.1. The molecule has 2 aliphatic rings. The van der Waals surface area contributed by atoms with Gasteiger partial charge < -0.3 is 10.4 Å². The Kier molecular flexibility index (Phi) is 6.21. The number of rotatable bonds is 7. The van der Waals surface area contributed by atoms with Crippen molar-refractivity contribution in [1.29, 1.82) is 0 Å². The molecule has 2 aromatic heterocycles. The number of aliphatic carboxylic acids is 1. The maximum Gasteiger partial charge on any atom is 0.352 e. The third-order valence-electron chi connectivity index (χ3n) is 4.81. The molecule has 2 amide bonds. The predicted octanol–water partition coefficient (Wildman–Crippen LogP) is 0.915. The van der Waals surface area contributed by atoms with Crippen LogP contribution >= 0.6 is 34.9 Å². The molecular weight excluding hydrogens is 460 g/mol. The fourth-order valence-corrected chi connectivity index (χ4v) is 6.39. The SMILES string of the molecule is Cn1nc(SCC2=C(C(=O)O)N3C(=O)[C@@H](NC(=O)Cc4cccs4)[C@@H]3SC2)ccc1=O. The number of thioether (sulfide) groups is 2. The van der Waals surface area contributed by atoms with Gasteiger partial charge in [0.25, 0.3) is 11.5 Å². The third kappa shape index (κ3) is 4.41. The van der Waals surface area contributed by atoms with Crippen molar-refractivity contribution in [1.82, 2.24) is 20.0 Å². The van der Waals surface area contributed by atoms with Crippen molar-refractivity contribution in [2.45, 2.75) is 22.9 Å². The van der Waals surface area contributed by atoms with E-state index >= 15 is 0 Å². The number of aromatic nitrogens is 2. The minimum absolute atomic E-state index is 0.0326. The maximum atomic E-state index is 12.7. The molecule has 2 aliphatic heterocycles. The van der Waals surface area contributed by atoms with Crippen LogP contribution in [0.3, 0.4) is 0 Å². The highest BCUT2D eigenvalue weighted by molar-refractivity contribution is 8.01. The molecule has 0 spiro atoms. The third-order valence-corrected chi connectivity index (χ3v) is 8.03. The van der Waals surface area contributed by atoms with Crippen LogP contribution in [-0.2, 0) is 27.9 Å². The number of nitrogens with zero attached hydrogens (tertiary/aromatic N) is 3. The van der Waals surface area contributed by atoms with Gasteiger partial charge in [0.15, 0.2) is 0 Å². The van der Waals surface area contributed by atoms with Crippen LogP contribution in [-0.4, -0.2) is 60.5 Å². The number of hydrogen-bond donors (Lipinski definition) is 2. The van der Waals surface area contributed by atoms with Crippen LogP contribution in [0.1, 0.15) is 4.88 Å². The molecule has 0 saturated carbocycles. The number of fused-ring (bicyclic) bond motifs is 1. The van der Waals surface area contributed by atoms with Gasteiger partial charge in [-0.05, 0) is 23.1 Å². The number of carboxylic acid groups (broad SMARTS) is 1. The fourth-order valence-electron chi connectivity index (χ4n) is 3.31. The number of carbonyl (C=O) groups excluding carboxylic acids is 2. The zero-order valence-corrected chi connectivity index (χ0v) is 18.8. The van der Waals surface area contributed by atoms with Gasteiger partial charge in [-0.1, -0.05) is 6.07 Å². The molecular formula is C19H18N4O5S3. The smallest absolute Gasteiger partial charge is 0.352 e. The Hall–Kier alpha value is -2.57. The van der Waals surface area contributed by atoms with Crippen molar-refractivity contribution < 1.29 is 19.5 Å². The van der Waals surface area contributed by atoms with Crippen LogP contribution < -0.4 is 10.9 Å². The molecule has 12 heteroatoms. The minimum Gasteiger partial charge on any atom is -0.477 e. The molecule has 4 heterocycles. The first-order valence-electron chi connectivity index (χ1n) is 9.24. The summed E-state index contributed by atoms with van der Waals surface area (Å²) in [7, 11) is 1.54. The highest BCUT2D eigenvalue weighted by atomic mass is 32.2. The van der Waals surface area contributed by atoms with E-state index in [0.717, 1.165) is 4.88 Å². The number of aryl methyl sites for hydroxylation is 1. The number of nitrogens with one attached hydrogen (secondary N) is 1. The van der Waals surface area contributed by atoms with Crippen LogP contribution in [0.15, 0.2) is 50.7 Å². The van der Waals surface area contributed by atoms with Crippen LogP contribution in [0, 0.1) is 0 Å². The standard InChI is InChI=1S/C19H18N4O5S3/c1-22-14(25)5-4-13(21-22)30-8-10-9-31-18-15(17(26)23(18)16(10)19(27)28)20-12(24)7-11-3-2-6-29-11/h2-6,15,18H,7-9H2,1H3,(H,20,24)(H,27,28)/t15-,18+/m1/s1. The summed E-state index contributed by atoms with van der Waals surface area (Å²) < 4.78 is 1.21. The molecule has 2 N–H and O–H groups in total. The van der Waals surface area contributed by atoms with Crippen molar-refractivity contribution in [3.05, 3.63) is 56.1 Å². The molecule has 1 saturated heterocycles. The fraction of sp³-hybridized carbons (Fsp3) is 0.316. The predicted molar refractivity (Wildman–Crippen MR) is 118 cm³/mol. The molecule has 2 aromatic rings. The van der Waals surface area contributed by atoms with Crippen LogP contribution in [0.4, 0.5) is 0 Å². The summed E-state index contributed by atoms with van der Waals surface area (Å²) in [5, 5.41) is 18.6. The molecule has 0 aliphatic carbocycles. The van der Waals surface area contributed by atoms with Crippen molar-refractivity contribution >= 4 is 52.6 Å². The van der Waals surface area contributed by atoms with Gasteiger partial charge in [0.2, 0.25) is 5.91 Å². The summed E-state index contributed by atoms with van der Waals surface area (Å²) in [6.07, 6.45) is 0.189. The van der Waals surface area contributed by atoms with Gasteiger partial charge >= 0.3 is 5.97 Å². The maximum absolute atomic E-state index is 12.7. The van der Waals surface area contributed by atoms with Crippen molar-refractivity contribution in [2.24, 2.45) is 7.05 Å². The molecule has 31 heavy (non-hydrogen) atoms. The Morgan fingerprint density at radius 1 is 1.32 bits per heavy atom. The van der Waals surface area contributed by atoms with Crippen LogP contribution in [0.2, 0.25) is 0 Å². The number of thiophene rings is 1. The summed E-state index contributed by atoms with van der Waals surface area (Å²) in [5.41, 5.74) is 0.338. The number of carbonyl (C=O) groups is 3. The Labute approximate surface area is 189 Å². The normalized spacial score (nSPS) is 20.3. The highest BCUT2D eigenvalue weighted by Gasteiger charge is 2.54. The number of hydrogen-bond acceptors (Lipinski definition) is 8. The minimum atomic E-state index is -1.17. The van der Waals surface area contributed by atoms with Gasteiger partial charge in [-0.2, -0.15) is 5.10 Å². The number of carboxylic acids is 1. The van der Waals surface area contributed by atoms with Crippen molar-refractivity contribution in [2.75, 3.05) is 11.5 Å². The van der Waals surface area contributed by atoms with Gasteiger partial charge in [0, 0.05) is 29.5 Å². The summed E-state index contributed by atoms with van der Waals surface area (Å²) in [4.78, 5) is 50.5. The quantitative estimate of drug-likeness (QED) is 0.445. The van der Waals surface area contributed by atoms with E-state index in [4.69, 9.17) is 0 Å². The first-order valence-corrected chi connectivity index (χ1v) is 12.2. The largest absolute Gasteiger partial charge is 0.477 e. The first-order chi connectivity index (χ1) is 14.8.